The Morgan fingerprint density at radius 3 is 2.29 bits per heavy atom. The molecule has 1 aromatic heterocycles. The maximum atomic E-state index is 10.1. The van der Waals surface area contributed by atoms with E-state index < -0.39 is 17.4 Å². The van der Waals surface area contributed by atoms with E-state index >= 15 is 0 Å². The highest BCUT2D eigenvalue weighted by molar-refractivity contribution is 5.97. The molecule has 21 heavy (non-hydrogen) atoms. The van der Waals surface area contributed by atoms with Crippen molar-refractivity contribution in [2.75, 3.05) is 13.6 Å². The van der Waals surface area contributed by atoms with E-state index in [1.807, 2.05) is 18.5 Å². The van der Waals surface area contributed by atoms with Gasteiger partial charge in [0.25, 0.3) is 0 Å². The summed E-state index contributed by atoms with van der Waals surface area (Å²) < 4.78 is 0. The van der Waals surface area contributed by atoms with Gasteiger partial charge in [0.1, 0.15) is 0 Å². The first-order chi connectivity index (χ1) is 9.76. The van der Waals surface area contributed by atoms with Crippen LogP contribution in [0.3, 0.4) is 0 Å². The van der Waals surface area contributed by atoms with E-state index in [-0.39, 0.29) is 0 Å². The van der Waals surface area contributed by atoms with Crippen LogP contribution in [0.2, 0.25) is 0 Å². The zero-order chi connectivity index (χ0) is 16.0. The zero-order valence-electron chi connectivity index (χ0n) is 12.6. The van der Waals surface area contributed by atoms with Gasteiger partial charge in [-0.15, -0.1) is 0 Å². The number of aromatic nitrogens is 1. The number of carboxylic acid groups (broad SMARTS) is 2. The molecule has 0 spiro atoms. The van der Waals surface area contributed by atoms with Crippen LogP contribution in [0.5, 0.6) is 0 Å². The number of rotatable bonds is 3. The smallest absolute Gasteiger partial charge is 0.320 e. The molecule has 0 amide bonds. The van der Waals surface area contributed by atoms with Gasteiger partial charge in [-0.3, -0.25) is 19.5 Å². The van der Waals surface area contributed by atoms with Crippen LogP contribution in [0.4, 0.5) is 0 Å². The van der Waals surface area contributed by atoms with Crippen LogP contribution in [0, 0.1) is 5.41 Å². The number of likely N-dealkylation sites (tertiary alicyclic amines) is 1. The fourth-order valence-electron chi connectivity index (χ4n) is 2.00. The van der Waals surface area contributed by atoms with E-state index in [0.717, 1.165) is 13.8 Å². The molecule has 1 aliphatic rings. The number of nitrogens with zero attached hydrogens (tertiary/aromatic N) is 2. The molecule has 0 aliphatic carbocycles. The van der Waals surface area contributed by atoms with Crippen LogP contribution >= 0.6 is 0 Å². The van der Waals surface area contributed by atoms with Crippen molar-refractivity contribution in [2.24, 2.45) is 5.41 Å². The van der Waals surface area contributed by atoms with Crippen molar-refractivity contribution in [2.45, 2.75) is 32.7 Å². The molecule has 2 heterocycles. The van der Waals surface area contributed by atoms with E-state index in [9.17, 15) is 9.59 Å². The average molecular weight is 294 g/mol. The average Bonchev–Trinajstić information content (AvgIpc) is 2.86. The van der Waals surface area contributed by atoms with Crippen molar-refractivity contribution in [3.63, 3.8) is 0 Å². The summed E-state index contributed by atoms with van der Waals surface area (Å²) in [4.78, 5) is 26.7. The Hall–Kier alpha value is -1.95. The van der Waals surface area contributed by atoms with Gasteiger partial charge in [-0.05, 0) is 51.9 Å². The molecule has 1 fully saturated rings. The van der Waals surface area contributed by atoms with E-state index in [1.165, 1.54) is 24.9 Å². The van der Waals surface area contributed by atoms with Gasteiger partial charge in [-0.2, -0.15) is 0 Å². The lowest BCUT2D eigenvalue weighted by atomic mass is 9.95. The van der Waals surface area contributed by atoms with E-state index in [2.05, 4.69) is 23.0 Å². The molecule has 6 nitrogen and oxygen atoms in total. The molecule has 0 bridgehead atoms. The molecule has 1 atom stereocenters. The molecule has 2 N–H and O–H groups in total. The molecule has 0 saturated carbocycles. The van der Waals surface area contributed by atoms with Gasteiger partial charge < -0.3 is 10.2 Å². The van der Waals surface area contributed by atoms with Gasteiger partial charge >= 0.3 is 11.9 Å². The SMILES string of the molecule is CC(C)(C(=O)O)C(=O)O.CN1CCCC1c1cccnc1. The Balaban J connectivity index is 0.000000222. The monoisotopic (exact) mass is 294 g/mol. The largest absolute Gasteiger partial charge is 0.480 e. The number of aliphatic carboxylic acids is 2. The Morgan fingerprint density at radius 1 is 1.33 bits per heavy atom. The topological polar surface area (TPSA) is 90.7 Å². The summed E-state index contributed by atoms with van der Waals surface area (Å²) in [6.07, 6.45) is 6.41. The summed E-state index contributed by atoms with van der Waals surface area (Å²) in [7, 11) is 2.19. The predicted molar refractivity (Wildman–Crippen MR) is 77.9 cm³/mol. The molecule has 116 valence electrons. The molecule has 1 unspecified atom stereocenters. The molecule has 2 rings (SSSR count). The first kappa shape index (κ1) is 17.1. The van der Waals surface area contributed by atoms with Gasteiger partial charge in [-0.1, -0.05) is 6.07 Å². The lowest BCUT2D eigenvalue weighted by molar-refractivity contribution is -0.161. The number of carboxylic acids is 2. The second-order valence-electron chi connectivity index (χ2n) is 5.66. The van der Waals surface area contributed by atoms with E-state index in [1.54, 1.807) is 0 Å². The van der Waals surface area contributed by atoms with Gasteiger partial charge in [0.15, 0.2) is 5.41 Å². The summed E-state index contributed by atoms with van der Waals surface area (Å²) in [5.41, 5.74) is -0.308. The lowest BCUT2D eigenvalue weighted by Gasteiger charge is -2.18. The highest BCUT2D eigenvalue weighted by Gasteiger charge is 2.35. The highest BCUT2D eigenvalue weighted by Crippen LogP contribution is 2.29. The third-order valence-electron chi connectivity index (χ3n) is 3.66. The summed E-state index contributed by atoms with van der Waals surface area (Å²) >= 11 is 0. The molecule has 0 radical (unpaired) electrons. The van der Waals surface area contributed by atoms with Crippen LogP contribution in [-0.2, 0) is 9.59 Å². The van der Waals surface area contributed by atoms with Gasteiger partial charge in [-0.25, -0.2) is 0 Å². The molecular weight excluding hydrogens is 272 g/mol. The number of hydrogen-bond donors (Lipinski definition) is 2. The normalized spacial score (nSPS) is 18.7. The maximum Gasteiger partial charge on any atom is 0.320 e. The van der Waals surface area contributed by atoms with Crippen LogP contribution in [0.25, 0.3) is 0 Å². The minimum absolute atomic E-state index is 0.610. The van der Waals surface area contributed by atoms with Crippen LogP contribution < -0.4 is 0 Å². The summed E-state index contributed by atoms with van der Waals surface area (Å²) in [6, 6.07) is 4.79. The third kappa shape index (κ3) is 4.53. The molecule has 1 saturated heterocycles. The molecule has 0 aromatic carbocycles. The van der Waals surface area contributed by atoms with Crippen molar-refractivity contribution >= 4 is 11.9 Å². The number of carbonyl (C=O) groups is 2. The minimum atomic E-state index is -1.67. The van der Waals surface area contributed by atoms with Crippen molar-refractivity contribution in [1.29, 1.82) is 0 Å². The van der Waals surface area contributed by atoms with Crippen LogP contribution in [-0.4, -0.2) is 45.6 Å². The first-order valence-electron chi connectivity index (χ1n) is 6.83. The Kier molecular flexibility index (Phi) is 5.84. The molecule has 1 aliphatic heterocycles. The highest BCUT2D eigenvalue weighted by atomic mass is 16.4. The van der Waals surface area contributed by atoms with Crippen molar-refractivity contribution in [1.82, 2.24) is 9.88 Å². The van der Waals surface area contributed by atoms with Crippen LogP contribution in [0.1, 0.15) is 38.3 Å². The molecule has 1 aromatic rings. The zero-order valence-corrected chi connectivity index (χ0v) is 12.6. The second kappa shape index (κ2) is 7.17. The Labute approximate surface area is 124 Å². The fourth-order valence-corrected chi connectivity index (χ4v) is 2.00. The van der Waals surface area contributed by atoms with E-state index in [4.69, 9.17) is 10.2 Å². The third-order valence-corrected chi connectivity index (χ3v) is 3.66. The fraction of sp³-hybridized carbons (Fsp3) is 0.533. The van der Waals surface area contributed by atoms with Gasteiger partial charge in [0, 0.05) is 18.4 Å². The Morgan fingerprint density at radius 2 is 1.95 bits per heavy atom. The van der Waals surface area contributed by atoms with Crippen molar-refractivity contribution in [3.8, 4) is 0 Å². The Bertz CT molecular complexity index is 472. The second-order valence-corrected chi connectivity index (χ2v) is 5.66. The predicted octanol–water partition coefficient (Wildman–Crippen LogP) is 2.03. The summed E-state index contributed by atoms with van der Waals surface area (Å²) in [5, 5.41) is 16.5. The van der Waals surface area contributed by atoms with Crippen LogP contribution in [0.15, 0.2) is 24.5 Å². The standard InChI is InChI=1S/C10H14N2.C5H8O4/c1-12-7-3-5-10(12)9-4-2-6-11-8-9;1-5(2,3(6)7)4(8)9/h2,4,6,8,10H,3,5,7H2,1H3;1-2H3,(H,6,7)(H,8,9). The quantitative estimate of drug-likeness (QED) is 0.829. The first-order valence-corrected chi connectivity index (χ1v) is 6.83. The minimum Gasteiger partial charge on any atom is -0.480 e. The number of pyridine rings is 1. The molecular formula is C15H22N2O4. The van der Waals surface area contributed by atoms with Crippen molar-refractivity contribution < 1.29 is 19.8 Å². The maximum absolute atomic E-state index is 10.1. The van der Waals surface area contributed by atoms with Crippen molar-refractivity contribution in [3.05, 3.63) is 30.1 Å². The number of hydrogen-bond acceptors (Lipinski definition) is 4. The molecule has 6 heteroatoms. The van der Waals surface area contributed by atoms with E-state index in [0.29, 0.717) is 6.04 Å². The summed E-state index contributed by atoms with van der Waals surface area (Å²) in [6.45, 7) is 3.49. The van der Waals surface area contributed by atoms with Gasteiger partial charge in [0.2, 0.25) is 0 Å². The summed E-state index contributed by atoms with van der Waals surface area (Å²) in [5.74, 6) is -2.65. The lowest BCUT2D eigenvalue weighted by Crippen LogP contribution is -2.32. The van der Waals surface area contributed by atoms with Gasteiger partial charge in [0.05, 0.1) is 0 Å².